The monoisotopic (exact) mass is 327 g/mol. The van der Waals surface area contributed by atoms with Crippen molar-refractivity contribution in [1.82, 2.24) is 20.2 Å². The molecule has 1 aromatic carbocycles. The van der Waals surface area contributed by atoms with Gasteiger partial charge in [0.2, 0.25) is 0 Å². The predicted molar refractivity (Wildman–Crippen MR) is 100 cm³/mol. The van der Waals surface area contributed by atoms with E-state index in [0.29, 0.717) is 18.5 Å². The molecular weight excluding hydrogens is 298 g/mol. The lowest BCUT2D eigenvalue weighted by molar-refractivity contribution is 0.480. The van der Waals surface area contributed by atoms with E-state index in [2.05, 4.69) is 72.1 Å². The number of aliphatic imine (C=N–C) groups is 1. The summed E-state index contributed by atoms with van der Waals surface area (Å²) in [5.41, 5.74) is 1.26. The summed E-state index contributed by atoms with van der Waals surface area (Å²) in [6, 6.07) is 10.8. The first-order valence-electron chi connectivity index (χ1n) is 8.69. The maximum Gasteiger partial charge on any atom is 0.191 e. The second-order valence-electron chi connectivity index (χ2n) is 6.33. The summed E-state index contributed by atoms with van der Waals surface area (Å²) in [4.78, 5) is 9.15. The number of nitrogens with one attached hydrogen (secondary N) is 2. The van der Waals surface area contributed by atoms with Gasteiger partial charge in [0.05, 0.1) is 0 Å². The van der Waals surface area contributed by atoms with Gasteiger partial charge in [0.25, 0.3) is 0 Å². The van der Waals surface area contributed by atoms with Crippen molar-refractivity contribution < 1.29 is 0 Å². The minimum Gasteiger partial charge on any atom is -0.357 e. The van der Waals surface area contributed by atoms with Crippen LogP contribution in [0, 0.1) is 5.92 Å². The highest BCUT2D eigenvalue weighted by atomic mass is 15.2. The largest absolute Gasteiger partial charge is 0.357 e. The van der Waals surface area contributed by atoms with Crippen molar-refractivity contribution in [1.29, 1.82) is 0 Å². The van der Waals surface area contributed by atoms with Gasteiger partial charge in [0.15, 0.2) is 5.96 Å². The van der Waals surface area contributed by atoms with E-state index < -0.39 is 0 Å². The third-order valence-corrected chi connectivity index (χ3v) is 4.08. The van der Waals surface area contributed by atoms with E-state index in [4.69, 9.17) is 4.99 Å². The molecule has 0 saturated carbocycles. The lowest BCUT2D eigenvalue weighted by atomic mass is 10.1. The Labute approximate surface area is 145 Å². The fourth-order valence-corrected chi connectivity index (χ4v) is 2.27. The van der Waals surface area contributed by atoms with Crippen molar-refractivity contribution in [2.45, 2.75) is 46.8 Å². The molecule has 1 aromatic heterocycles. The first kappa shape index (κ1) is 18.0. The van der Waals surface area contributed by atoms with Crippen molar-refractivity contribution in [3.05, 3.63) is 54.1 Å². The first-order chi connectivity index (χ1) is 11.6. The first-order valence-corrected chi connectivity index (χ1v) is 8.69. The van der Waals surface area contributed by atoms with Crippen LogP contribution in [0.5, 0.6) is 0 Å². The molecule has 0 saturated heterocycles. The Morgan fingerprint density at radius 1 is 1.21 bits per heavy atom. The summed E-state index contributed by atoms with van der Waals surface area (Å²) in [7, 11) is 0. The van der Waals surface area contributed by atoms with Crippen LogP contribution in [0.25, 0.3) is 0 Å². The molecule has 0 bridgehead atoms. The van der Waals surface area contributed by atoms with E-state index in [1.807, 2.05) is 18.5 Å². The molecule has 1 unspecified atom stereocenters. The number of imidazole rings is 1. The Bertz CT molecular complexity index is 630. The van der Waals surface area contributed by atoms with E-state index in [0.717, 1.165) is 24.9 Å². The van der Waals surface area contributed by atoms with Crippen LogP contribution in [0.2, 0.25) is 0 Å². The molecule has 0 spiro atoms. The number of aromatic nitrogens is 2. The Balaban J connectivity index is 2.05. The second kappa shape index (κ2) is 9.11. The molecule has 0 amide bonds. The normalized spacial score (nSPS) is 13.1. The smallest absolute Gasteiger partial charge is 0.191 e. The topological polar surface area (TPSA) is 54.2 Å². The van der Waals surface area contributed by atoms with Gasteiger partial charge in [-0.15, -0.1) is 0 Å². The molecule has 5 nitrogen and oxygen atoms in total. The van der Waals surface area contributed by atoms with Crippen molar-refractivity contribution in [2.24, 2.45) is 10.9 Å². The standard InChI is InChI=1S/C19H29N5/c1-5-20-19(23-16(4)15(2)3)22-13-18-21-11-12-24(18)14-17-9-7-6-8-10-17/h6-12,15-16H,5,13-14H2,1-4H3,(H2,20,22,23). The highest BCUT2D eigenvalue weighted by Crippen LogP contribution is 2.07. The van der Waals surface area contributed by atoms with Gasteiger partial charge in [-0.05, 0) is 25.3 Å². The van der Waals surface area contributed by atoms with Crippen LogP contribution in [-0.4, -0.2) is 28.1 Å². The summed E-state index contributed by atoms with van der Waals surface area (Å²) in [5.74, 6) is 2.36. The summed E-state index contributed by atoms with van der Waals surface area (Å²) >= 11 is 0. The number of benzene rings is 1. The van der Waals surface area contributed by atoms with Crippen LogP contribution < -0.4 is 10.6 Å². The number of guanidine groups is 1. The lowest BCUT2D eigenvalue weighted by Gasteiger charge is -2.20. The molecule has 1 heterocycles. The second-order valence-corrected chi connectivity index (χ2v) is 6.33. The maximum atomic E-state index is 4.69. The van der Waals surface area contributed by atoms with Gasteiger partial charge >= 0.3 is 0 Å². The molecule has 1 atom stereocenters. The van der Waals surface area contributed by atoms with E-state index in [9.17, 15) is 0 Å². The molecule has 0 aliphatic heterocycles. The number of nitrogens with zero attached hydrogens (tertiary/aromatic N) is 3. The van der Waals surface area contributed by atoms with E-state index >= 15 is 0 Å². The van der Waals surface area contributed by atoms with Gasteiger partial charge in [0.1, 0.15) is 12.4 Å². The molecular formula is C19H29N5. The van der Waals surface area contributed by atoms with Crippen molar-refractivity contribution in [3.8, 4) is 0 Å². The van der Waals surface area contributed by atoms with Crippen LogP contribution in [0.15, 0.2) is 47.7 Å². The van der Waals surface area contributed by atoms with Crippen LogP contribution in [0.1, 0.15) is 39.1 Å². The molecule has 130 valence electrons. The SMILES string of the molecule is CCNC(=NCc1nccn1Cc1ccccc1)NC(C)C(C)C. The number of hydrogen-bond donors (Lipinski definition) is 2. The van der Waals surface area contributed by atoms with Gasteiger partial charge in [-0.2, -0.15) is 0 Å². The van der Waals surface area contributed by atoms with Crippen molar-refractivity contribution in [2.75, 3.05) is 6.54 Å². The van der Waals surface area contributed by atoms with Crippen LogP contribution in [0.4, 0.5) is 0 Å². The Kier molecular flexibility index (Phi) is 6.85. The summed E-state index contributed by atoms with van der Waals surface area (Å²) in [5, 5.41) is 6.75. The zero-order valence-electron chi connectivity index (χ0n) is 15.2. The summed E-state index contributed by atoms with van der Waals surface area (Å²) in [6.45, 7) is 10.9. The van der Waals surface area contributed by atoms with Crippen LogP contribution in [-0.2, 0) is 13.1 Å². The van der Waals surface area contributed by atoms with Gasteiger partial charge in [-0.25, -0.2) is 9.98 Å². The van der Waals surface area contributed by atoms with Crippen LogP contribution in [0.3, 0.4) is 0 Å². The third-order valence-electron chi connectivity index (χ3n) is 4.08. The van der Waals surface area contributed by atoms with E-state index in [1.54, 1.807) is 0 Å². The van der Waals surface area contributed by atoms with Crippen molar-refractivity contribution in [3.63, 3.8) is 0 Å². The highest BCUT2D eigenvalue weighted by molar-refractivity contribution is 5.80. The summed E-state index contributed by atoms with van der Waals surface area (Å²) in [6.07, 6.45) is 3.85. The van der Waals surface area contributed by atoms with E-state index in [-0.39, 0.29) is 0 Å². The summed E-state index contributed by atoms with van der Waals surface area (Å²) < 4.78 is 2.15. The molecule has 2 rings (SSSR count). The predicted octanol–water partition coefficient (Wildman–Crippen LogP) is 3.03. The molecule has 0 aliphatic carbocycles. The minimum atomic E-state index is 0.367. The van der Waals surface area contributed by atoms with E-state index in [1.165, 1.54) is 5.56 Å². The van der Waals surface area contributed by atoms with Gasteiger partial charge < -0.3 is 15.2 Å². The Morgan fingerprint density at radius 2 is 1.96 bits per heavy atom. The van der Waals surface area contributed by atoms with Gasteiger partial charge in [-0.3, -0.25) is 0 Å². The zero-order chi connectivity index (χ0) is 17.4. The van der Waals surface area contributed by atoms with Gasteiger partial charge in [-0.1, -0.05) is 44.2 Å². The van der Waals surface area contributed by atoms with Crippen molar-refractivity contribution >= 4 is 5.96 Å². The quantitative estimate of drug-likeness (QED) is 0.607. The molecule has 24 heavy (non-hydrogen) atoms. The third kappa shape index (κ3) is 5.41. The fraction of sp³-hybridized carbons (Fsp3) is 0.474. The van der Waals surface area contributed by atoms with Gasteiger partial charge in [0, 0.05) is 31.5 Å². The minimum absolute atomic E-state index is 0.367. The molecule has 0 fully saturated rings. The molecule has 2 aromatic rings. The highest BCUT2D eigenvalue weighted by Gasteiger charge is 2.09. The average molecular weight is 327 g/mol. The molecule has 5 heteroatoms. The maximum absolute atomic E-state index is 4.69. The number of hydrogen-bond acceptors (Lipinski definition) is 2. The lowest BCUT2D eigenvalue weighted by Crippen LogP contribution is -2.44. The molecule has 0 aliphatic rings. The molecule has 2 N–H and O–H groups in total. The Hall–Kier alpha value is -2.30. The zero-order valence-corrected chi connectivity index (χ0v) is 15.2. The van der Waals surface area contributed by atoms with Crippen LogP contribution >= 0.6 is 0 Å². The average Bonchev–Trinajstić information content (AvgIpc) is 3.00. The molecule has 0 radical (unpaired) electrons. The Morgan fingerprint density at radius 3 is 2.62 bits per heavy atom. The number of rotatable bonds is 7. The fourth-order valence-electron chi connectivity index (χ4n) is 2.27.